The molecule has 1 nitrogen and oxygen atoms in total. The number of hydrogen-bond acceptors (Lipinski definition) is 1. The zero-order valence-electron chi connectivity index (χ0n) is 11.3. The number of hydrogen-bond donors (Lipinski definition) is 0. The number of ether oxygens (including phenoxy) is 1. The quantitative estimate of drug-likeness (QED) is 0.704. The summed E-state index contributed by atoms with van der Waals surface area (Å²) in [5.74, 6) is 2.40. The van der Waals surface area contributed by atoms with Crippen LogP contribution in [0.5, 0.6) is 11.5 Å². The third kappa shape index (κ3) is 2.92. The highest BCUT2D eigenvalue weighted by molar-refractivity contribution is 5.40. The molecule has 0 radical (unpaired) electrons. The van der Waals surface area contributed by atoms with Crippen LogP contribution in [0.25, 0.3) is 0 Å². The summed E-state index contributed by atoms with van der Waals surface area (Å²) >= 11 is 0. The van der Waals surface area contributed by atoms with Crippen LogP contribution >= 0.6 is 0 Å². The molecule has 0 aliphatic carbocycles. The lowest BCUT2D eigenvalue weighted by molar-refractivity contribution is 0.470. The van der Waals surface area contributed by atoms with Gasteiger partial charge in [0.1, 0.15) is 11.5 Å². The summed E-state index contributed by atoms with van der Waals surface area (Å²) in [7, 11) is 0. The standard InChI is InChI=1S/C17H20O/c1-4-14(3)16-10-5-6-11-17(16)18-15-9-7-8-13(2)12-15/h5-12,14H,4H2,1-3H3. The molecule has 94 valence electrons. The van der Waals surface area contributed by atoms with Crippen molar-refractivity contribution >= 4 is 0 Å². The van der Waals surface area contributed by atoms with E-state index >= 15 is 0 Å². The average Bonchev–Trinajstić information content (AvgIpc) is 2.38. The molecule has 0 amide bonds. The maximum absolute atomic E-state index is 6.01. The van der Waals surface area contributed by atoms with Gasteiger partial charge in [-0.1, -0.05) is 44.2 Å². The van der Waals surface area contributed by atoms with Gasteiger partial charge in [0, 0.05) is 0 Å². The van der Waals surface area contributed by atoms with E-state index in [0.717, 1.165) is 17.9 Å². The first kappa shape index (κ1) is 12.7. The van der Waals surface area contributed by atoms with E-state index in [-0.39, 0.29) is 0 Å². The van der Waals surface area contributed by atoms with Crippen LogP contribution in [-0.2, 0) is 0 Å². The first-order valence-corrected chi connectivity index (χ1v) is 6.54. The first-order valence-electron chi connectivity index (χ1n) is 6.54. The normalized spacial score (nSPS) is 12.2. The Morgan fingerprint density at radius 3 is 2.56 bits per heavy atom. The summed E-state index contributed by atoms with van der Waals surface area (Å²) < 4.78 is 6.01. The molecule has 0 heterocycles. The Hall–Kier alpha value is -1.76. The van der Waals surface area contributed by atoms with Crippen LogP contribution in [0.4, 0.5) is 0 Å². The van der Waals surface area contributed by atoms with Crippen LogP contribution in [0, 0.1) is 6.92 Å². The van der Waals surface area contributed by atoms with E-state index < -0.39 is 0 Å². The lowest BCUT2D eigenvalue weighted by atomic mass is 9.98. The van der Waals surface area contributed by atoms with E-state index in [1.165, 1.54) is 11.1 Å². The molecule has 0 aliphatic rings. The van der Waals surface area contributed by atoms with Crippen molar-refractivity contribution in [2.75, 3.05) is 0 Å². The van der Waals surface area contributed by atoms with Crippen LogP contribution in [0.3, 0.4) is 0 Å². The average molecular weight is 240 g/mol. The Morgan fingerprint density at radius 2 is 1.83 bits per heavy atom. The minimum absolute atomic E-state index is 0.519. The molecule has 1 atom stereocenters. The smallest absolute Gasteiger partial charge is 0.130 e. The summed E-state index contributed by atoms with van der Waals surface area (Å²) in [5.41, 5.74) is 2.50. The highest BCUT2D eigenvalue weighted by Gasteiger charge is 2.10. The summed E-state index contributed by atoms with van der Waals surface area (Å²) in [6, 6.07) is 16.5. The summed E-state index contributed by atoms with van der Waals surface area (Å²) in [4.78, 5) is 0. The van der Waals surface area contributed by atoms with Gasteiger partial charge >= 0.3 is 0 Å². The summed E-state index contributed by atoms with van der Waals surface area (Å²) in [6.07, 6.45) is 1.12. The monoisotopic (exact) mass is 240 g/mol. The number of benzene rings is 2. The SMILES string of the molecule is CCC(C)c1ccccc1Oc1cccc(C)c1. The molecule has 2 rings (SSSR count). The number of para-hydroxylation sites is 1. The van der Waals surface area contributed by atoms with E-state index in [1.54, 1.807) is 0 Å². The fourth-order valence-electron chi connectivity index (χ4n) is 2.01. The van der Waals surface area contributed by atoms with Crippen molar-refractivity contribution in [3.63, 3.8) is 0 Å². The fraction of sp³-hybridized carbons (Fsp3) is 0.294. The fourth-order valence-corrected chi connectivity index (χ4v) is 2.01. The largest absolute Gasteiger partial charge is 0.457 e. The van der Waals surface area contributed by atoms with Crippen molar-refractivity contribution in [3.8, 4) is 11.5 Å². The molecule has 2 aromatic rings. The maximum Gasteiger partial charge on any atom is 0.130 e. The molecular formula is C17H20O. The van der Waals surface area contributed by atoms with Gasteiger partial charge in [0.15, 0.2) is 0 Å². The van der Waals surface area contributed by atoms with E-state index in [9.17, 15) is 0 Å². The Balaban J connectivity index is 2.29. The van der Waals surface area contributed by atoms with Crippen molar-refractivity contribution < 1.29 is 4.74 Å². The van der Waals surface area contributed by atoms with Gasteiger partial charge in [-0.15, -0.1) is 0 Å². The van der Waals surface area contributed by atoms with Gasteiger partial charge in [0.2, 0.25) is 0 Å². The second kappa shape index (κ2) is 5.72. The molecule has 1 heteroatoms. The number of aryl methyl sites for hydroxylation is 1. The van der Waals surface area contributed by atoms with E-state index in [4.69, 9.17) is 4.74 Å². The Bertz CT molecular complexity index is 517. The molecule has 2 aromatic carbocycles. The van der Waals surface area contributed by atoms with Gasteiger partial charge in [-0.3, -0.25) is 0 Å². The van der Waals surface area contributed by atoms with Gasteiger partial charge in [0.05, 0.1) is 0 Å². The van der Waals surface area contributed by atoms with Gasteiger partial charge in [-0.25, -0.2) is 0 Å². The molecule has 0 aliphatic heterocycles. The highest BCUT2D eigenvalue weighted by atomic mass is 16.5. The van der Waals surface area contributed by atoms with Crippen LogP contribution in [0.1, 0.15) is 37.3 Å². The third-order valence-electron chi connectivity index (χ3n) is 3.28. The van der Waals surface area contributed by atoms with Crippen LogP contribution < -0.4 is 4.74 Å². The molecule has 0 spiro atoms. The van der Waals surface area contributed by atoms with Crippen molar-refractivity contribution in [2.45, 2.75) is 33.1 Å². The van der Waals surface area contributed by atoms with Crippen molar-refractivity contribution in [1.82, 2.24) is 0 Å². The van der Waals surface area contributed by atoms with Crippen LogP contribution in [0.15, 0.2) is 48.5 Å². The van der Waals surface area contributed by atoms with Crippen molar-refractivity contribution in [2.24, 2.45) is 0 Å². The summed E-state index contributed by atoms with van der Waals surface area (Å²) in [6.45, 7) is 6.51. The molecule has 0 bridgehead atoms. The summed E-state index contributed by atoms with van der Waals surface area (Å²) in [5, 5.41) is 0. The molecule has 0 fully saturated rings. The lowest BCUT2D eigenvalue weighted by Gasteiger charge is -2.15. The maximum atomic E-state index is 6.01. The second-order valence-electron chi connectivity index (χ2n) is 4.77. The van der Waals surface area contributed by atoms with Gasteiger partial charge < -0.3 is 4.74 Å². The molecule has 0 N–H and O–H groups in total. The van der Waals surface area contributed by atoms with Crippen LogP contribution in [0.2, 0.25) is 0 Å². The molecule has 0 aromatic heterocycles. The molecular weight excluding hydrogens is 220 g/mol. The molecule has 0 saturated carbocycles. The second-order valence-corrected chi connectivity index (χ2v) is 4.77. The predicted octanol–water partition coefficient (Wildman–Crippen LogP) is 5.30. The first-order chi connectivity index (χ1) is 8.70. The molecule has 0 saturated heterocycles. The van der Waals surface area contributed by atoms with E-state index in [1.807, 2.05) is 24.3 Å². The molecule has 18 heavy (non-hydrogen) atoms. The zero-order valence-corrected chi connectivity index (χ0v) is 11.3. The van der Waals surface area contributed by atoms with Gasteiger partial charge in [-0.2, -0.15) is 0 Å². The van der Waals surface area contributed by atoms with E-state index in [2.05, 4.69) is 45.0 Å². The number of rotatable bonds is 4. The third-order valence-corrected chi connectivity index (χ3v) is 3.28. The van der Waals surface area contributed by atoms with E-state index in [0.29, 0.717) is 5.92 Å². The molecule has 1 unspecified atom stereocenters. The highest BCUT2D eigenvalue weighted by Crippen LogP contribution is 2.32. The Morgan fingerprint density at radius 1 is 1.06 bits per heavy atom. The van der Waals surface area contributed by atoms with Crippen molar-refractivity contribution in [3.05, 3.63) is 59.7 Å². The Kier molecular flexibility index (Phi) is 4.03. The lowest BCUT2D eigenvalue weighted by Crippen LogP contribution is -1.96. The van der Waals surface area contributed by atoms with Crippen molar-refractivity contribution in [1.29, 1.82) is 0 Å². The zero-order chi connectivity index (χ0) is 13.0. The van der Waals surface area contributed by atoms with Crippen LogP contribution in [-0.4, -0.2) is 0 Å². The predicted molar refractivity (Wildman–Crippen MR) is 76.4 cm³/mol. The van der Waals surface area contributed by atoms with Gasteiger partial charge in [0.25, 0.3) is 0 Å². The topological polar surface area (TPSA) is 9.23 Å². The minimum atomic E-state index is 0.519. The van der Waals surface area contributed by atoms with Gasteiger partial charge in [-0.05, 0) is 48.6 Å². The Labute approximate surface area is 109 Å². The minimum Gasteiger partial charge on any atom is -0.457 e.